The Morgan fingerprint density at radius 3 is 2.48 bits per heavy atom. The maximum atomic E-state index is 12.3. The van der Waals surface area contributed by atoms with Crippen LogP contribution in [0.25, 0.3) is 0 Å². The largest absolute Gasteiger partial charge is 0.462 e. The van der Waals surface area contributed by atoms with E-state index in [0.29, 0.717) is 23.6 Å². The van der Waals surface area contributed by atoms with Gasteiger partial charge in [0.25, 0.3) is 0 Å². The molecule has 1 rings (SSSR count). The first-order valence-electron chi connectivity index (χ1n) is 7.12. The number of hydrogen-bond acceptors (Lipinski definition) is 5. The number of ether oxygens (including phenoxy) is 1. The van der Waals surface area contributed by atoms with E-state index >= 15 is 0 Å². The zero-order valence-electron chi connectivity index (χ0n) is 13.3. The molecule has 6 heteroatoms. The van der Waals surface area contributed by atoms with Gasteiger partial charge in [0.1, 0.15) is 5.00 Å². The van der Waals surface area contributed by atoms with Gasteiger partial charge in [-0.1, -0.05) is 13.3 Å². The highest BCUT2D eigenvalue weighted by atomic mass is 32.1. The van der Waals surface area contributed by atoms with Gasteiger partial charge >= 0.3 is 5.97 Å². The fraction of sp³-hybridized carbons (Fsp3) is 0.600. The molecule has 0 fully saturated rings. The van der Waals surface area contributed by atoms with E-state index in [-0.39, 0.29) is 5.91 Å². The van der Waals surface area contributed by atoms with Crippen LogP contribution in [0.2, 0.25) is 0 Å². The summed E-state index contributed by atoms with van der Waals surface area (Å²) in [6.07, 6.45) is 1.39. The van der Waals surface area contributed by atoms with Crippen LogP contribution in [-0.4, -0.2) is 24.0 Å². The van der Waals surface area contributed by atoms with E-state index in [1.54, 1.807) is 13.8 Å². The van der Waals surface area contributed by atoms with E-state index in [9.17, 15) is 9.59 Å². The van der Waals surface area contributed by atoms with E-state index in [4.69, 9.17) is 10.5 Å². The Morgan fingerprint density at radius 2 is 1.95 bits per heavy atom. The summed E-state index contributed by atoms with van der Waals surface area (Å²) < 4.78 is 5.06. The van der Waals surface area contributed by atoms with Crippen LogP contribution in [0.3, 0.4) is 0 Å². The number of hydrogen-bond donors (Lipinski definition) is 2. The number of aryl methyl sites for hydroxylation is 1. The molecule has 1 atom stereocenters. The van der Waals surface area contributed by atoms with Crippen LogP contribution in [0.1, 0.15) is 54.4 Å². The summed E-state index contributed by atoms with van der Waals surface area (Å²) in [7, 11) is 0. The lowest BCUT2D eigenvalue weighted by Crippen LogP contribution is -2.48. The smallest absolute Gasteiger partial charge is 0.341 e. The van der Waals surface area contributed by atoms with Crippen molar-refractivity contribution in [2.45, 2.75) is 53.0 Å². The second-order valence-corrected chi connectivity index (χ2v) is 6.55. The quantitative estimate of drug-likeness (QED) is 0.791. The molecule has 0 saturated heterocycles. The lowest BCUT2D eigenvalue weighted by atomic mass is 9.96. The summed E-state index contributed by atoms with van der Waals surface area (Å²) in [5, 5.41) is 3.31. The van der Waals surface area contributed by atoms with Gasteiger partial charge in [-0.2, -0.15) is 0 Å². The third-order valence-corrected chi connectivity index (χ3v) is 4.50. The molecule has 0 radical (unpaired) electrons. The van der Waals surface area contributed by atoms with Gasteiger partial charge in [-0.05, 0) is 39.7 Å². The first kappa shape index (κ1) is 17.7. The van der Waals surface area contributed by atoms with Crippen LogP contribution in [0, 0.1) is 13.8 Å². The van der Waals surface area contributed by atoms with Crippen LogP contribution in [0.15, 0.2) is 0 Å². The van der Waals surface area contributed by atoms with Gasteiger partial charge in [0, 0.05) is 4.88 Å². The molecule has 0 saturated carbocycles. The second-order valence-electron chi connectivity index (χ2n) is 5.33. The van der Waals surface area contributed by atoms with Crippen molar-refractivity contribution < 1.29 is 14.3 Å². The zero-order valence-corrected chi connectivity index (χ0v) is 14.1. The van der Waals surface area contributed by atoms with Crippen molar-refractivity contribution in [3.8, 4) is 0 Å². The summed E-state index contributed by atoms with van der Waals surface area (Å²) in [5.41, 5.74) is 6.34. The van der Waals surface area contributed by atoms with E-state index in [1.807, 2.05) is 20.8 Å². The van der Waals surface area contributed by atoms with Crippen LogP contribution >= 0.6 is 11.3 Å². The predicted octanol–water partition coefficient (Wildman–Crippen LogP) is 3.00. The molecular formula is C15H24N2O3S. The first-order chi connectivity index (χ1) is 9.74. The average molecular weight is 312 g/mol. The molecule has 1 unspecified atom stereocenters. The molecule has 5 nitrogen and oxygen atoms in total. The standard InChI is InChI=1S/C15H24N2O3S/c1-6-8-15(5,16)14(19)17-12-11(13(18)20-7-2)9(3)10(4)21-12/h6-8,16H2,1-5H3,(H,17,19). The normalized spacial score (nSPS) is 13.6. The third kappa shape index (κ3) is 4.04. The van der Waals surface area contributed by atoms with Gasteiger partial charge in [0.05, 0.1) is 17.7 Å². The van der Waals surface area contributed by atoms with Crippen LogP contribution in [-0.2, 0) is 9.53 Å². The van der Waals surface area contributed by atoms with Crippen molar-refractivity contribution >= 4 is 28.2 Å². The molecule has 0 aliphatic carbocycles. The molecule has 0 aliphatic heterocycles. The Bertz CT molecular complexity index is 535. The van der Waals surface area contributed by atoms with Crippen molar-refractivity contribution in [1.29, 1.82) is 0 Å². The second kappa shape index (κ2) is 7.04. The molecule has 1 aromatic heterocycles. The minimum Gasteiger partial charge on any atom is -0.462 e. The molecule has 0 aromatic carbocycles. The molecule has 1 aromatic rings. The van der Waals surface area contributed by atoms with Gasteiger partial charge in [0.2, 0.25) is 5.91 Å². The van der Waals surface area contributed by atoms with E-state index in [1.165, 1.54) is 11.3 Å². The summed E-state index contributed by atoms with van der Waals surface area (Å²) in [5.74, 6) is -0.694. The fourth-order valence-corrected chi connectivity index (χ4v) is 3.09. The number of esters is 1. The number of amides is 1. The van der Waals surface area contributed by atoms with Crippen molar-refractivity contribution in [2.24, 2.45) is 5.73 Å². The number of nitrogens with one attached hydrogen (secondary N) is 1. The van der Waals surface area contributed by atoms with Gasteiger partial charge < -0.3 is 15.8 Å². The number of carbonyl (C=O) groups is 2. The summed E-state index contributed by atoms with van der Waals surface area (Å²) in [4.78, 5) is 25.3. The molecule has 118 valence electrons. The van der Waals surface area contributed by atoms with Gasteiger partial charge in [-0.15, -0.1) is 11.3 Å². The maximum Gasteiger partial charge on any atom is 0.341 e. The Hall–Kier alpha value is -1.40. The Balaban J connectivity index is 3.06. The summed E-state index contributed by atoms with van der Waals surface area (Å²) in [6, 6.07) is 0. The molecule has 21 heavy (non-hydrogen) atoms. The first-order valence-corrected chi connectivity index (χ1v) is 7.93. The van der Waals surface area contributed by atoms with Gasteiger partial charge in [0.15, 0.2) is 0 Å². The number of anilines is 1. The molecule has 0 spiro atoms. The molecule has 1 amide bonds. The zero-order chi connectivity index (χ0) is 16.2. The molecule has 0 aliphatic rings. The van der Waals surface area contributed by atoms with Crippen LogP contribution < -0.4 is 11.1 Å². The topological polar surface area (TPSA) is 81.4 Å². The Morgan fingerprint density at radius 1 is 1.33 bits per heavy atom. The van der Waals surface area contributed by atoms with Crippen molar-refractivity contribution in [1.82, 2.24) is 0 Å². The lowest BCUT2D eigenvalue weighted by Gasteiger charge is -2.22. The van der Waals surface area contributed by atoms with Crippen LogP contribution in [0.5, 0.6) is 0 Å². The van der Waals surface area contributed by atoms with Gasteiger partial charge in [-0.25, -0.2) is 4.79 Å². The maximum absolute atomic E-state index is 12.3. The summed E-state index contributed by atoms with van der Waals surface area (Å²) >= 11 is 1.37. The predicted molar refractivity (Wildman–Crippen MR) is 85.9 cm³/mol. The third-order valence-electron chi connectivity index (χ3n) is 3.38. The van der Waals surface area contributed by atoms with Crippen LogP contribution in [0.4, 0.5) is 5.00 Å². The highest BCUT2D eigenvalue weighted by Crippen LogP contribution is 2.33. The van der Waals surface area contributed by atoms with E-state index in [0.717, 1.165) is 16.9 Å². The fourth-order valence-electron chi connectivity index (χ4n) is 2.04. The Labute approximate surface area is 129 Å². The SMILES string of the molecule is CCCC(C)(N)C(=O)Nc1sc(C)c(C)c1C(=O)OCC. The summed E-state index contributed by atoms with van der Waals surface area (Å²) in [6.45, 7) is 9.48. The number of thiophene rings is 1. The van der Waals surface area contributed by atoms with Crippen molar-refractivity contribution in [3.05, 3.63) is 16.0 Å². The lowest BCUT2D eigenvalue weighted by molar-refractivity contribution is -0.120. The van der Waals surface area contributed by atoms with Gasteiger partial charge in [-0.3, -0.25) is 4.79 Å². The van der Waals surface area contributed by atoms with Crippen molar-refractivity contribution in [2.75, 3.05) is 11.9 Å². The highest BCUT2D eigenvalue weighted by molar-refractivity contribution is 7.16. The minimum atomic E-state index is -0.952. The molecule has 3 N–H and O–H groups in total. The molecular weight excluding hydrogens is 288 g/mol. The number of rotatable bonds is 6. The number of nitrogens with two attached hydrogens (primary N) is 1. The Kier molecular flexibility index (Phi) is 5.92. The number of carbonyl (C=O) groups excluding carboxylic acids is 2. The highest BCUT2D eigenvalue weighted by Gasteiger charge is 2.30. The van der Waals surface area contributed by atoms with E-state index < -0.39 is 11.5 Å². The minimum absolute atomic E-state index is 0.281. The van der Waals surface area contributed by atoms with E-state index in [2.05, 4.69) is 5.32 Å². The van der Waals surface area contributed by atoms with Crippen molar-refractivity contribution in [3.63, 3.8) is 0 Å². The monoisotopic (exact) mass is 312 g/mol. The molecule has 1 heterocycles. The molecule has 0 bridgehead atoms. The average Bonchev–Trinajstić information content (AvgIpc) is 2.65.